The van der Waals surface area contributed by atoms with Gasteiger partial charge in [0.05, 0.1) is 18.8 Å². The Kier molecular flexibility index (Phi) is 7.31. The highest BCUT2D eigenvalue weighted by molar-refractivity contribution is 7.17. The predicted molar refractivity (Wildman–Crippen MR) is 116 cm³/mol. The molecule has 2 aromatic rings. The Morgan fingerprint density at radius 3 is 2.90 bits per heavy atom. The highest BCUT2D eigenvalue weighted by atomic mass is 32.1. The molecule has 1 unspecified atom stereocenters. The van der Waals surface area contributed by atoms with E-state index in [1.807, 2.05) is 31.2 Å². The van der Waals surface area contributed by atoms with Gasteiger partial charge in [-0.05, 0) is 68.7 Å². The molecule has 1 aliphatic carbocycles. The maximum absolute atomic E-state index is 12.5. The fourth-order valence-electron chi connectivity index (χ4n) is 3.58. The molecule has 0 saturated heterocycles. The maximum atomic E-state index is 12.5. The van der Waals surface area contributed by atoms with Gasteiger partial charge in [-0.3, -0.25) is 4.79 Å². The molecule has 3 rings (SSSR count). The molecule has 1 atom stereocenters. The van der Waals surface area contributed by atoms with Crippen LogP contribution in [-0.2, 0) is 22.4 Å². The third kappa shape index (κ3) is 5.60. The van der Waals surface area contributed by atoms with Gasteiger partial charge >= 0.3 is 5.97 Å². The molecule has 1 aromatic heterocycles. The number of benzene rings is 1. The van der Waals surface area contributed by atoms with Gasteiger partial charge in [0.25, 0.3) is 0 Å². The lowest BCUT2D eigenvalue weighted by Gasteiger charge is -2.18. The first-order valence-electron chi connectivity index (χ1n) is 10.3. The summed E-state index contributed by atoms with van der Waals surface area (Å²) >= 11 is 1.52. The minimum absolute atomic E-state index is 0.102. The first kappa shape index (κ1) is 21.4. The topological polar surface area (TPSA) is 64.6 Å². The summed E-state index contributed by atoms with van der Waals surface area (Å²) < 4.78 is 11.0. The zero-order valence-corrected chi connectivity index (χ0v) is 18.2. The molecule has 0 fully saturated rings. The summed E-state index contributed by atoms with van der Waals surface area (Å²) in [4.78, 5) is 26.2. The number of esters is 1. The van der Waals surface area contributed by atoms with E-state index in [2.05, 4.69) is 12.2 Å². The fraction of sp³-hybridized carbons (Fsp3) is 0.478. The number of amides is 1. The molecule has 1 aromatic carbocycles. The van der Waals surface area contributed by atoms with Gasteiger partial charge in [0.1, 0.15) is 10.8 Å². The van der Waals surface area contributed by atoms with E-state index in [0.29, 0.717) is 42.5 Å². The summed E-state index contributed by atoms with van der Waals surface area (Å²) in [5.74, 6) is 0.973. The molecule has 156 valence electrons. The van der Waals surface area contributed by atoms with Crippen molar-refractivity contribution in [2.75, 3.05) is 18.5 Å². The lowest BCUT2D eigenvalue weighted by Crippen LogP contribution is -2.17. The van der Waals surface area contributed by atoms with Crippen molar-refractivity contribution in [3.63, 3.8) is 0 Å². The Bertz CT molecular complexity index is 874. The number of thiophene rings is 1. The molecular weight excluding hydrogens is 386 g/mol. The van der Waals surface area contributed by atoms with E-state index in [9.17, 15) is 9.59 Å². The van der Waals surface area contributed by atoms with Gasteiger partial charge in [-0.25, -0.2) is 4.79 Å². The maximum Gasteiger partial charge on any atom is 0.341 e. The molecule has 1 amide bonds. The van der Waals surface area contributed by atoms with Crippen LogP contribution >= 0.6 is 11.3 Å². The third-order valence-electron chi connectivity index (χ3n) is 5.05. The second-order valence-corrected chi connectivity index (χ2v) is 8.70. The van der Waals surface area contributed by atoms with Crippen LogP contribution < -0.4 is 10.1 Å². The monoisotopic (exact) mass is 415 g/mol. The Labute approximate surface area is 176 Å². The summed E-state index contributed by atoms with van der Waals surface area (Å²) in [6.45, 7) is 6.83. The Balaban J connectivity index is 1.59. The van der Waals surface area contributed by atoms with Crippen LogP contribution in [-0.4, -0.2) is 25.1 Å². The molecule has 1 N–H and O–H groups in total. The molecule has 1 heterocycles. The van der Waals surface area contributed by atoms with Crippen molar-refractivity contribution in [3.05, 3.63) is 45.8 Å². The highest BCUT2D eigenvalue weighted by Crippen LogP contribution is 2.40. The second kappa shape index (κ2) is 9.92. The van der Waals surface area contributed by atoms with Crippen LogP contribution in [0.4, 0.5) is 5.00 Å². The average molecular weight is 416 g/mol. The van der Waals surface area contributed by atoms with E-state index in [-0.39, 0.29) is 11.9 Å². The number of hydrogen-bond donors (Lipinski definition) is 1. The molecule has 0 bridgehead atoms. The van der Waals surface area contributed by atoms with Crippen LogP contribution in [0.25, 0.3) is 0 Å². The third-order valence-corrected chi connectivity index (χ3v) is 6.22. The summed E-state index contributed by atoms with van der Waals surface area (Å²) in [6, 6.07) is 7.86. The number of rotatable bonds is 8. The number of carbonyl (C=O) groups excluding carboxylic acids is 2. The van der Waals surface area contributed by atoms with Crippen molar-refractivity contribution in [3.8, 4) is 5.75 Å². The minimum Gasteiger partial charge on any atom is -0.494 e. The lowest BCUT2D eigenvalue weighted by atomic mass is 9.88. The number of ether oxygens (including phenoxy) is 2. The molecule has 0 radical (unpaired) electrons. The molecule has 6 heteroatoms. The standard InChI is InChI=1S/C23H29NO4S/c1-4-27-23(26)21-18-11-10-16(3)14-19(18)29-22(21)24-20(25)9-6-12-28-17-8-5-7-15(2)13-17/h5,7-8,13,16H,4,6,9-12,14H2,1-3H3,(H,24,25). The smallest absolute Gasteiger partial charge is 0.341 e. The molecule has 0 saturated carbocycles. The highest BCUT2D eigenvalue weighted by Gasteiger charge is 2.29. The minimum atomic E-state index is -0.336. The van der Waals surface area contributed by atoms with Crippen molar-refractivity contribution in [1.82, 2.24) is 0 Å². The number of anilines is 1. The molecule has 1 aliphatic rings. The second-order valence-electron chi connectivity index (χ2n) is 7.59. The van der Waals surface area contributed by atoms with E-state index in [0.717, 1.165) is 36.1 Å². The summed E-state index contributed by atoms with van der Waals surface area (Å²) in [5, 5.41) is 3.58. The Morgan fingerprint density at radius 2 is 2.14 bits per heavy atom. The predicted octanol–water partition coefficient (Wildman–Crippen LogP) is 5.16. The van der Waals surface area contributed by atoms with Crippen LogP contribution in [0.3, 0.4) is 0 Å². The quantitative estimate of drug-likeness (QED) is 0.478. The van der Waals surface area contributed by atoms with Crippen molar-refractivity contribution < 1.29 is 19.1 Å². The summed E-state index contributed by atoms with van der Waals surface area (Å²) in [6.07, 6.45) is 3.82. The van der Waals surface area contributed by atoms with Gasteiger partial charge in [0.15, 0.2) is 0 Å². The van der Waals surface area contributed by atoms with Gasteiger partial charge in [0, 0.05) is 11.3 Å². The number of carbonyl (C=O) groups is 2. The van der Waals surface area contributed by atoms with E-state index in [1.165, 1.54) is 16.2 Å². The number of hydrogen-bond acceptors (Lipinski definition) is 5. The van der Waals surface area contributed by atoms with Gasteiger partial charge < -0.3 is 14.8 Å². The van der Waals surface area contributed by atoms with Gasteiger partial charge in [-0.15, -0.1) is 11.3 Å². The number of fused-ring (bicyclic) bond motifs is 1. The van der Waals surface area contributed by atoms with Gasteiger partial charge in [0.2, 0.25) is 5.91 Å². The first-order valence-corrected chi connectivity index (χ1v) is 11.1. The fourth-order valence-corrected chi connectivity index (χ4v) is 4.99. The van der Waals surface area contributed by atoms with Crippen LogP contribution in [0.15, 0.2) is 24.3 Å². The molecule has 0 spiro atoms. The Hall–Kier alpha value is -2.34. The first-order chi connectivity index (χ1) is 14.0. The molecule has 29 heavy (non-hydrogen) atoms. The van der Waals surface area contributed by atoms with Crippen molar-refractivity contribution in [2.24, 2.45) is 5.92 Å². The van der Waals surface area contributed by atoms with Crippen LogP contribution in [0.1, 0.15) is 59.5 Å². The van der Waals surface area contributed by atoms with Crippen molar-refractivity contribution in [1.29, 1.82) is 0 Å². The van der Waals surface area contributed by atoms with Gasteiger partial charge in [-0.1, -0.05) is 19.1 Å². The van der Waals surface area contributed by atoms with E-state index >= 15 is 0 Å². The number of aryl methyl sites for hydroxylation is 1. The van der Waals surface area contributed by atoms with E-state index < -0.39 is 0 Å². The normalized spacial score (nSPS) is 15.5. The zero-order valence-electron chi connectivity index (χ0n) is 17.4. The van der Waals surface area contributed by atoms with E-state index in [4.69, 9.17) is 9.47 Å². The van der Waals surface area contributed by atoms with Crippen LogP contribution in [0, 0.1) is 12.8 Å². The molecule has 0 aliphatic heterocycles. The lowest BCUT2D eigenvalue weighted by molar-refractivity contribution is -0.116. The molecule has 5 nitrogen and oxygen atoms in total. The SMILES string of the molecule is CCOC(=O)c1c(NC(=O)CCCOc2cccc(C)c2)sc2c1CCC(C)C2. The zero-order chi connectivity index (χ0) is 20.8. The van der Waals surface area contributed by atoms with Crippen molar-refractivity contribution in [2.45, 2.75) is 52.9 Å². The van der Waals surface area contributed by atoms with E-state index in [1.54, 1.807) is 6.92 Å². The number of nitrogens with one attached hydrogen (secondary N) is 1. The Morgan fingerprint density at radius 1 is 1.31 bits per heavy atom. The van der Waals surface area contributed by atoms with Gasteiger partial charge in [-0.2, -0.15) is 0 Å². The van der Waals surface area contributed by atoms with Crippen molar-refractivity contribution >= 4 is 28.2 Å². The average Bonchev–Trinajstić information content (AvgIpc) is 3.02. The summed E-state index contributed by atoms with van der Waals surface area (Å²) in [5.41, 5.74) is 2.76. The largest absolute Gasteiger partial charge is 0.494 e. The van der Waals surface area contributed by atoms with Crippen LogP contribution in [0.5, 0.6) is 5.75 Å². The van der Waals surface area contributed by atoms with Crippen LogP contribution in [0.2, 0.25) is 0 Å². The summed E-state index contributed by atoms with van der Waals surface area (Å²) in [7, 11) is 0. The molecular formula is C23H29NO4S.